The second-order valence-electron chi connectivity index (χ2n) is 8.88. The van der Waals surface area contributed by atoms with Gasteiger partial charge in [-0.2, -0.15) is 0 Å². The van der Waals surface area contributed by atoms with Gasteiger partial charge in [0.2, 0.25) is 0 Å². The average Bonchev–Trinajstić information content (AvgIpc) is 2.94. The Labute approximate surface area is 235 Å². The second kappa shape index (κ2) is 12.4. The first kappa shape index (κ1) is 28.3. The molecule has 4 rings (SSSR count). The van der Waals surface area contributed by atoms with Crippen LogP contribution in [0.3, 0.4) is 0 Å². The Morgan fingerprint density at radius 1 is 1.07 bits per heavy atom. The Morgan fingerprint density at radius 3 is 2.48 bits per heavy atom. The lowest BCUT2D eigenvalue weighted by atomic mass is 9.91. The fourth-order valence-corrected chi connectivity index (χ4v) is 4.73. The van der Waals surface area contributed by atoms with Crippen LogP contribution >= 0.6 is 11.6 Å². The van der Waals surface area contributed by atoms with Gasteiger partial charge in [0.15, 0.2) is 0 Å². The van der Waals surface area contributed by atoms with Crippen molar-refractivity contribution in [1.29, 1.82) is 0 Å². The number of benzene rings is 3. The molecular formula is C29H27ClN4O6. The number of hydrogen-bond acceptors (Lipinski definition) is 6. The van der Waals surface area contributed by atoms with E-state index in [0.717, 1.165) is 6.07 Å². The highest BCUT2D eigenvalue weighted by molar-refractivity contribution is 6.34. The molecule has 1 aliphatic heterocycles. The van der Waals surface area contributed by atoms with Crippen LogP contribution in [0.2, 0.25) is 5.02 Å². The Kier molecular flexibility index (Phi) is 8.80. The minimum atomic E-state index is -0.866. The molecule has 0 aliphatic carbocycles. The minimum absolute atomic E-state index is 0.0531. The molecule has 0 fully saturated rings. The zero-order valence-corrected chi connectivity index (χ0v) is 22.6. The van der Waals surface area contributed by atoms with Crippen LogP contribution in [-0.4, -0.2) is 40.9 Å². The maximum absolute atomic E-state index is 13.4. The van der Waals surface area contributed by atoms with Crippen molar-refractivity contribution in [2.24, 2.45) is 0 Å². The highest BCUT2D eigenvalue weighted by atomic mass is 35.5. The molecule has 0 saturated heterocycles. The zero-order chi connectivity index (χ0) is 28.8. The summed E-state index contributed by atoms with van der Waals surface area (Å²) < 4.78 is 5.43. The number of carbonyl (C=O) groups excluding carboxylic acids is 3. The summed E-state index contributed by atoms with van der Waals surface area (Å²) in [5, 5.41) is 16.6. The number of non-ortho nitro benzene ring substituents is 1. The van der Waals surface area contributed by atoms with Gasteiger partial charge in [-0.25, -0.2) is 9.59 Å². The Bertz CT molecular complexity index is 1490. The molecule has 0 bridgehead atoms. The number of nitro benzene ring substituents is 1. The first-order valence-electron chi connectivity index (χ1n) is 12.6. The number of esters is 1. The van der Waals surface area contributed by atoms with Crippen molar-refractivity contribution >= 4 is 46.6 Å². The van der Waals surface area contributed by atoms with Crippen molar-refractivity contribution in [2.75, 3.05) is 18.5 Å². The molecule has 206 valence electrons. The van der Waals surface area contributed by atoms with E-state index in [9.17, 15) is 24.5 Å². The summed E-state index contributed by atoms with van der Waals surface area (Å²) in [7, 11) is 0. The van der Waals surface area contributed by atoms with Gasteiger partial charge in [-0.3, -0.25) is 19.8 Å². The van der Waals surface area contributed by atoms with Crippen LogP contribution in [0.5, 0.6) is 0 Å². The zero-order valence-electron chi connectivity index (χ0n) is 21.8. The van der Waals surface area contributed by atoms with E-state index in [0.29, 0.717) is 35.5 Å². The Balaban J connectivity index is 1.76. The molecule has 1 atom stereocenters. The number of anilines is 1. The van der Waals surface area contributed by atoms with Gasteiger partial charge >= 0.3 is 12.0 Å². The highest BCUT2D eigenvalue weighted by Gasteiger charge is 2.38. The van der Waals surface area contributed by atoms with Gasteiger partial charge in [-0.05, 0) is 42.7 Å². The molecule has 2 N–H and O–H groups in total. The quantitative estimate of drug-likeness (QED) is 0.188. The molecule has 40 heavy (non-hydrogen) atoms. The predicted molar refractivity (Wildman–Crippen MR) is 151 cm³/mol. The van der Waals surface area contributed by atoms with E-state index < -0.39 is 22.8 Å². The number of urea groups is 1. The first-order valence-corrected chi connectivity index (χ1v) is 13.0. The number of rotatable bonds is 9. The lowest BCUT2D eigenvalue weighted by Gasteiger charge is -2.37. The largest absolute Gasteiger partial charge is 0.463 e. The molecule has 0 spiro atoms. The van der Waals surface area contributed by atoms with Gasteiger partial charge in [0.25, 0.3) is 11.6 Å². The van der Waals surface area contributed by atoms with Crippen molar-refractivity contribution < 1.29 is 24.0 Å². The maximum Gasteiger partial charge on any atom is 0.338 e. The van der Waals surface area contributed by atoms with Gasteiger partial charge in [0.1, 0.15) is 0 Å². The van der Waals surface area contributed by atoms with Gasteiger partial charge < -0.3 is 15.4 Å². The fraction of sp³-hybridized carbons (Fsp3) is 0.207. The molecule has 1 unspecified atom stereocenters. The van der Waals surface area contributed by atoms with Crippen LogP contribution < -0.4 is 10.6 Å². The van der Waals surface area contributed by atoms with Crippen LogP contribution in [0.25, 0.3) is 5.70 Å². The third-order valence-electron chi connectivity index (χ3n) is 6.20. The van der Waals surface area contributed by atoms with Crippen LogP contribution in [0.15, 0.2) is 78.4 Å². The number of halogens is 1. The summed E-state index contributed by atoms with van der Waals surface area (Å²) in [5.41, 5.74) is 2.14. The number of ether oxygens (including phenoxy) is 1. The van der Waals surface area contributed by atoms with Crippen LogP contribution in [0.4, 0.5) is 16.2 Å². The predicted octanol–water partition coefficient (Wildman–Crippen LogP) is 5.95. The third-order valence-corrected chi connectivity index (χ3v) is 6.52. The molecule has 0 aromatic heterocycles. The Hall–Kier alpha value is -4.70. The molecule has 10 nitrogen and oxygen atoms in total. The topological polar surface area (TPSA) is 131 Å². The van der Waals surface area contributed by atoms with Gasteiger partial charge in [-0.1, -0.05) is 61.0 Å². The molecule has 1 aliphatic rings. The molecule has 0 radical (unpaired) electrons. The van der Waals surface area contributed by atoms with E-state index in [1.54, 1.807) is 36.1 Å². The highest BCUT2D eigenvalue weighted by Crippen LogP contribution is 2.37. The fourth-order valence-electron chi connectivity index (χ4n) is 4.47. The first-order chi connectivity index (χ1) is 19.2. The summed E-state index contributed by atoms with van der Waals surface area (Å²) in [5.74, 6) is -1.15. The number of nitro groups is 1. The van der Waals surface area contributed by atoms with Crippen molar-refractivity contribution in [3.05, 3.63) is 110 Å². The van der Waals surface area contributed by atoms with Crippen molar-refractivity contribution in [3.63, 3.8) is 0 Å². The molecule has 3 aromatic carbocycles. The summed E-state index contributed by atoms with van der Waals surface area (Å²) in [4.78, 5) is 51.6. The lowest BCUT2D eigenvalue weighted by Crippen LogP contribution is -2.48. The van der Waals surface area contributed by atoms with Gasteiger partial charge in [0, 0.05) is 24.4 Å². The van der Waals surface area contributed by atoms with Crippen molar-refractivity contribution in [2.45, 2.75) is 26.3 Å². The second-order valence-corrected chi connectivity index (χ2v) is 9.29. The van der Waals surface area contributed by atoms with Gasteiger partial charge in [-0.15, -0.1) is 0 Å². The normalized spacial score (nSPS) is 14.9. The summed E-state index contributed by atoms with van der Waals surface area (Å²) >= 11 is 6.13. The smallest absolute Gasteiger partial charge is 0.338 e. The number of nitrogens with zero attached hydrogens (tertiary/aromatic N) is 2. The molecule has 0 saturated carbocycles. The number of nitrogens with one attached hydrogen (secondary N) is 2. The minimum Gasteiger partial charge on any atom is -0.463 e. The van der Waals surface area contributed by atoms with E-state index in [1.807, 2.05) is 37.3 Å². The van der Waals surface area contributed by atoms with Crippen LogP contribution in [0, 0.1) is 10.1 Å². The van der Waals surface area contributed by atoms with E-state index in [2.05, 4.69) is 10.6 Å². The Morgan fingerprint density at radius 2 is 1.82 bits per heavy atom. The average molecular weight is 563 g/mol. The van der Waals surface area contributed by atoms with Gasteiger partial charge in [0.05, 0.1) is 39.4 Å². The molecular weight excluding hydrogens is 536 g/mol. The SMILES string of the molecule is CCCN1C(=O)NC(c2cccc(NC(=O)c3ccc([N+](=O)[O-])cc3Cl)c2)C(C(=O)OCC)=C1c1ccccc1. The standard InChI is InChI=1S/C29H27ClN4O6/c1-3-15-33-26(18-9-6-5-7-10-18)24(28(36)40-4-2)25(32-29(33)37)19-11-8-12-20(16-19)31-27(35)22-14-13-21(34(38)39)17-23(22)30/h5-14,16-17,25H,3-4,15H2,1-2H3,(H,31,35)(H,32,37). The monoisotopic (exact) mass is 562 g/mol. The summed E-state index contributed by atoms with van der Waals surface area (Å²) in [6.07, 6.45) is 0.664. The van der Waals surface area contributed by atoms with E-state index in [1.165, 1.54) is 12.1 Å². The van der Waals surface area contributed by atoms with Crippen LogP contribution in [0.1, 0.15) is 47.8 Å². The third kappa shape index (κ3) is 5.97. The lowest BCUT2D eigenvalue weighted by molar-refractivity contribution is -0.384. The van der Waals surface area contributed by atoms with E-state index in [4.69, 9.17) is 16.3 Å². The van der Waals surface area contributed by atoms with Crippen molar-refractivity contribution in [1.82, 2.24) is 10.2 Å². The number of carbonyl (C=O) groups is 3. The number of amides is 3. The molecule has 3 aromatic rings. The van der Waals surface area contributed by atoms with E-state index in [-0.39, 0.29) is 34.5 Å². The van der Waals surface area contributed by atoms with E-state index >= 15 is 0 Å². The molecule has 1 heterocycles. The van der Waals surface area contributed by atoms with Crippen molar-refractivity contribution in [3.8, 4) is 0 Å². The summed E-state index contributed by atoms with van der Waals surface area (Å²) in [6.45, 7) is 4.18. The molecule has 3 amide bonds. The number of hydrogen-bond donors (Lipinski definition) is 2. The molecule has 11 heteroatoms. The maximum atomic E-state index is 13.4. The summed E-state index contributed by atoms with van der Waals surface area (Å²) in [6, 6.07) is 18.2. The van der Waals surface area contributed by atoms with Crippen LogP contribution in [-0.2, 0) is 9.53 Å².